The summed E-state index contributed by atoms with van der Waals surface area (Å²) < 4.78 is 24.1. The van der Waals surface area contributed by atoms with E-state index in [0.29, 0.717) is 13.1 Å². The van der Waals surface area contributed by atoms with Crippen LogP contribution in [0.5, 0.6) is 0 Å². The van der Waals surface area contributed by atoms with Crippen LogP contribution in [-0.4, -0.2) is 38.6 Å². The molecule has 1 N–H and O–H groups in total. The first kappa shape index (κ1) is 14.6. The van der Waals surface area contributed by atoms with Gasteiger partial charge in [0.1, 0.15) is 0 Å². The molecule has 0 saturated heterocycles. The first-order valence-corrected chi connectivity index (χ1v) is 8.45. The van der Waals surface area contributed by atoms with Gasteiger partial charge in [0.25, 0.3) is 0 Å². The Morgan fingerprint density at radius 3 is 2.76 bits per heavy atom. The number of sulfonamides is 1. The number of nitrogens with zero attached hydrogens (tertiary/aromatic N) is 1. The summed E-state index contributed by atoms with van der Waals surface area (Å²) >= 11 is 1.73. The normalized spacial score (nSPS) is 12.2. The Labute approximate surface area is 108 Å². The predicted molar refractivity (Wildman–Crippen MR) is 72.7 cm³/mol. The van der Waals surface area contributed by atoms with E-state index >= 15 is 0 Å². The third-order valence-electron chi connectivity index (χ3n) is 2.46. The van der Waals surface area contributed by atoms with Crippen molar-refractivity contribution in [1.82, 2.24) is 9.62 Å². The standard InChI is InChI=1S/C11H20N2O2S2/c1-3-13(17(2,14)15)8-5-7-12-10-11-6-4-9-16-11/h4,6,9,12H,3,5,7-8,10H2,1-2H3. The molecule has 4 nitrogen and oxygen atoms in total. The fourth-order valence-electron chi connectivity index (χ4n) is 1.56. The second kappa shape index (κ2) is 7.10. The highest BCUT2D eigenvalue weighted by atomic mass is 32.2. The van der Waals surface area contributed by atoms with E-state index in [1.54, 1.807) is 11.3 Å². The van der Waals surface area contributed by atoms with Gasteiger partial charge in [-0.15, -0.1) is 11.3 Å². The molecule has 0 bridgehead atoms. The second-order valence-electron chi connectivity index (χ2n) is 3.86. The Morgan fingerprint density at radius 1 is 1.47 bits per heavy atom. The number of hydrogen-bond donors (Lipinski definition) is 1. The van der Waals surface area contributed by atoms with Gasteiger partial charge in [0.2, 0.25) is 10.0 Å². The minimum atomic E-state index is -3.04. The molecule has 1 rings (SSSR count). The van der Waals surface area contributed by atoms with Crippen molar-refractivity contribution in [3.05, 3.63) is 22.4 Å². The molecule has 0 aliphatic heterocycles. The van der Waals surface area contributed by atoms with Crippen LogP contribution in [0.1, 0.15) is 18.2 Å². The molecule has 0 spiro atoms. The Balaban J connectivity index is 2.15. The van der Waals surface area contributed by atoms with E-state index in [9.17, 15) is 8.42 Å². The van der Waals surface area contributed by atoms with Crippen LogP contribution < -0.4 is 5.32 Å². The van der Waals surface area contributed by atoms with Crippen molar-refractivity contribution < 1.29 is 8.42 Å². The topological polar surface area (TPSA) is 49.4 Å². The van der Waals surface area contributed by atoms with Gasteiger partial charge in [-0.1, -0.05) is 13.0 Å². The molecular weight excluding hydrogens is 256 g/mol. The average molecular weight is 276 g/mol. The van der Waals surface area contributed by atoms with Gasteiger partial charge in [0.15, 0.2) is 0 Å². The highest BCUT2D eigenvalue weighted by Gasteiger charge is 2.12. The van der Waals surface area contributed by atoms with E-state index in [4.69, 9.17) is 0 Å². The van der Waals surface area contributed by atoms with Crippen molar-refractivity contribution in [3.8, 4) is 0 Å². The van der Waals surface area contributed by atoms with Gasteiger partial charge >= 0.3 is 0 Å². The molecule has 0 saturated carbocycles. The Hall–Kier alpha value is -0.430. The maximum atomic E-state index is 11.3. The summed E-state index contributed by atoms with van der Waals surface area (Å²) in [6, 6.07) is 4.12. The molecule has 1 aromatic rings. The summed E-state index contributed by atoms with van der Waals surface area (Å²) in [7, 11) is -3.04. The van der Waals surface area contributed by atoms with E-state index in [-0.39, 0.29) is 0 Å². The summed E-state index contributed by atoms with van der Waals surface area (Å²) in [5.41, 5.74) is 0. The van der Waals surface area contributed by atoms with Crippen LogP contribution >= 0.6 is 11.3 Å². The minimum absolute atomic E-state index is 0.545. The highest BCUT2D eigenvalue weighted by Crippen LogP contribution is 2.07. The molecule has 0 fully saturated rings. The van der Waals surface area contributed by atoms with Gasteiger partial charge in [0, 0.05) is 24.5 Å². The van der Waals surface area contributed by atoms with Crippen molar-refractivity contribution >= 4 is 21.4 Å². The van der Waals surface area contributed by atoms with Crippen molar-refractivity contribution in [2.75, 3.05) is 25.9 Å². The lowest BCUT2D eigenvalue weighted by atomic mass is 10.4. The number of rotatable bonds is 8. The summed E-state index contributed by atoms with van der Waals surface area (Å²) in [5, 5.41) is 5.36. The maximum absolute atomic E-state index is 11.3. The fourth-order valence-corrected chi connectivity index (χ4v) is 3.17. The smallest absolute Gasteiger partial charge is 0.211 e. The Morgan fingerprint density at radius 2 is 2.24 bits per heavy atom. The summed E-state index contributed by atoms with van der Waals surface area (Å²) in [5.74, 6) is 0. The van der Waals surface area contributed by atoms with Crippen LogP contribution in [-0.2, 0) is 16.6 Å². The fraction of sp³-hybridized carbons (Fsp3) is 0.636. The van der Waals surface area contributed by atoms with Gasteiger partial charge < -0.3 is 5.32 Å². The monoisotopic (exact) mass is 276 g/mol. The van der Waals surface area contributed by atoms with E-state index in [1.807, 2.05) is 13.0 Å². The molecule has 17 heavy (non-hydrogen) atoms. The quantitative estimate of drug-likeness (QED) is 0.732. The molecule has 1 heterocycles. The molecule has 0 amide bonds. The van der Waals surface area contributed by atoms with Crippen molar-refractivity contribution in [2.45, 2.75) is 19.9 Å². The molecule has 0 radical (unpaired) electrons. The highest BCUT2D eigenvalue weighted by molar-refractivity contribution is 7.88. The van der Waals surface area contributed by atoms with E-state index < -0.39 is 10.0 Å². The summed E-state index contributed by atoms with van der Waals surface area (Å²) in [4.78, 5) is 1.31. The lowest BCUT2D eigenvalue weighted by Gasteiger charge is -2.17. The number of nitrogens with one attached hydrogen (secondary N) is 1. The van der Waals surface area contributed by atoms with Gasteiger partial charge in [-0.25, -0.2) is 12.7 Å². The summed E-state index contributed by atoms with van der Waals surface area (Å²) in [6.07, 6.45) is 2.10. The van der Waals surface area contributed by atoms with Crippen LogP contribution in [0.2, 0.25) is 0 Å². The van der Waals surface area contributed by atoms with E-state index in [0.717, 1.165) is 19.5 Å². The molecule has 6 heteroatoms. The molecule has 0 aliphatic carbocycles. The van der Waals surface area contributed by atoms with Crippen LogP contribution in [0.3, 0.4) is 0 Å². The van der Waals surface area contributed by atoms with E-state index in [2.05, 4.69) is 16.8 Å². The lowest BCUT2D eigenvalue weighted by Crippen LogP contribution is -2.32. The van der Waals surface area contributed by atoms with E-state index in [1.165, 1.54) is 15.4 Å². The van der Waals surface area contributed by atoms with Crippen LogP contribution in [0.25, 0.3) is 0 Å². The third-order valence-corrected chi connectivity index (χ3v) is 4.72. The summed E-state index contributed by atoms with van der Waals surface area (Å²) in [6.45, 7) is 4.70. The zero-order valence-corrected chi connectivity index (χ0v) is 12.0. The van der Waals surface area contributed by atoms with Gasteiger partial charge in [-0.05, 0) is 24.4 Å². The average Bonchev–Trinajstić information content (AvgIpc) is 2.74. The molecule has 1 aromatic heterocycles. The lowest BCUT2D eigenvalue weighted by molar-refractivity contribution is 0.419. The number of hydrogen-bond acceptors (Lipinski definition) is 4. The van der Waals surface area contributed by atoms with Gasteiger partial charge in [-0.3, -0.25) is 0 Å². The Bertz CT molecular complexity index is 401. The zero-order valence-electron chi connectivity index (χ0n) is 10.3. The molecule has 0 atom stereocenters. The van der Waals surface area contributed by atoms with Crippen molar-refractivity contribution in [1.29, 1.82) is 0 Å². The minimum Gasteiger partial charge on any atom is -0.312 e. The third kappa shape index (κ3) is 5.63. The molecule has 0 unspecified atom stereocenters. The predicted octanol–water partition coefficient (Wildman–Crippen LogP) is 1.51. The largest absolute Gasteiger partial charge is 0.312 e. The SMILES string of the molecule is CCN(CCCNCc1cccs1)S(C)(=O)=O. The number of thiophene rings is 1. The van der Waals surface area contributed by atoms with Gasteiger partial charge in [0.05, 0.1) is 6.26 Å². The second-order valence-corrected chi connectivity index (χ2v) is 6.88. The van der Waals surface area contributed by atoms with Crippen molar-refractivity contribution in [2.24, 2.45) is 0 Å². The first-order valence-electron chi connectivity index (χ1n) is 5.72. The van der Waals surface area contributed by atoms with Gasteiger partial charge in [-0.2, -0.15) is 0 Å². The van der Waals surface area contributed by atoms with Crippen LogP contribution in [0.15, 0.2) is 17.5 Å². The molecular formula is C11H20N2O2S2. The zero-order chi connectivity index (χ0) is 12.7. The molecule has 0 aromatic carbocycles. The van der Waals surface area contributed by atoms with Crippen LogP contribution in [0.4, 0.5) is 0 Å². The molecule has 98 valence electrons. The van der Waals surface area contributed by atoms with Crippen LogP contribution in [0, 0.1) is 0 Å². The first-order chi connectivity index (χ1) is 8.04. The maximum Gasteiger partial charge on any atom is 0.211 e. The van der Waals surface area contributed by atoms with Crippen molar-refractivity contribution in [3.63, 3.8) is 0 Å². The Kier molecular flexibility index (Phi) is 6.11. The molecule has 0 aliphatic rings.